The van der Waals surface area contributed by atoms with Gasteiger partial charge in [-0.1, -0.05) is 6.07 Å². The van der Waals surface area contributed by atoms with Crippen LogP contribution in [0.4, 0.5) is 0 Å². The van der Waals surface area contributed by atoms with Crippen LogP contribution in [0.25, 0.3) is 0 Å². The maximum Gasteiger partial charge on any atom is 0.338 e. The fourth-order valence-corrected chi connectivity index (χ4v) is 2.99. The Morgan fingerprint density at radius 3 is 2.46 bits per heavy atom. The molecule has 0 aliphatic rings. The van der Waals surface area contributed by atoms with Crippen LogP contribution < -0.4 is 0 Å². The maximum atomic E-state index is 12.1. The van der Waals surface area contributed by atoms with E-state index in [-0.39, 0.29) is 17.0 Å². The van der Waals surface area contributed by atoms with Gasteiger partial charge in [-0.2, -0.15) is 0 Å². The molecule has 0 radical (unpaired) electrons. The monoisotopic (exact) mass is 380 g/mol. The summed E-state index contributed by atoms with van der Waals surface area (Å²) < 4.78 is 35.4. The summed E-state index contributed by atoms with van der Waals surface area (Å²) in [6.07, 6.45) is 1.50. The maximum absolute atomic E-state index is 12.1. The summed E-state index contributed by atoms with van der Waals surface area (Å²) in [6, 6.07) is 8.91. The summed E-state index contributed by atoms with van der Waals surface area (Å²) >= 11 is 0. The van der Waals surface area contributed by atoms with Gasteiger partial charge >= 0.3 is 5.97 Å². The molecule has 1 aromatic heterocycles. The Balaban J connectivity index is 1.98. The van der Waals surface area contributed by atoms with Crippen LogP contribution in [0, 0.1) is 0 Å². The molecule has 0 aliphatic heterocycles. The first-order chi connectivity index (χ1) is 12.2. The van der Waals surface area contributed by atoms with E-state index in [0.717, 1.165) is 4.31 Å². The van der Waals surface area contributed by atoms with Crippen LogP contribution in [0.2, 0.25) is 0 Å². The molecule has 9 heteroatoms. The molecule has 0 saturated heterocycles. The molecular formula is C17H20N2O6S. The normalized spacial score (nSPS) is 11.4. The van der Waals surface area contributed by atoms with Crippen LogP contribution in [0.3, 0.4) is 0 Å². The smallest absolute Gasteiger partial charge is 0.338 e. The van der Waals surface area contributed by atoms with Crippen molar-refractivity contribution in [2.24, 2.45) is 0 Å². The molecule has 1 aromatic carbocycles. The van der Waals surface area contributed by atoms with Crippen LogP contribution in [-0.2, 0) is 26.1 Å². The molecule has 1 heterocycles. The fraction of sp³-hybridized carbons (Fsp3) is 0.294. The van der Waals surface area contributed by atoms with Crippen LogP contribution in [0.15, 0.2) is 52.0 Å². The number of nitrogens with zero attached hydrogens (tertiary/aromatic N) is 2. The number of hydrogen-bond acceptors (Lipinski definition) is 6. The summed E-state index contributed by atoms with van der Waals surface area (Å²) in [4.78, 5) is 25.5. The van der Waals surface area contributed by atoms with Crippen LogP contribution in [0.1, 0.15) is 16.1 Å². The molecule has 2 rings (SSSR count). The predicted molar refractivity (Wildman–Crippen MR) is 92.8 cm³/mol. The zero-order chi connectivity index (χ0) is 19.3. The Labute approximate surface area is 152 Å². The van der Waals surface area contributed by atoms with Crippen LogP contribution >= 0.6 is 0 Å². The molecule has 140 valence electrons. The number of furan rings is 1. The molecule has 8 nitrogen and oxygen atoms in total. The molecule has 0 atom stereocenters. The first-order valence-electron chi connectivity index (χ1n) is 7.68. The van der Waals surface area contributed by atoms with E-state index >= 15 is 0 Å². The van der Waals surface area contributed by atoms with Crippen molar-refractivity contribution in [2.45, 2.75) is 11.4 Å². The van der Waals surface area contributed by atoms with Gasteiger partial charge in [-0.3, -0.25) is 4.79 Å². The second-order valence-electron chi connectivity index (χ2n) is 5.72. The molecule has 0 spiro atoms. The number of amides is 1. The Kier molecular flexibility index (Phi) is 6.17. The lowest BCUT2D eigenvalue weighted by Crippen LogP contribution is -2.30. The minimum Gasteiger partial charge on any atom is -0.467 e. The molecule has 26 heavy (non-hydrogen) atoms. The molecule has 0 bridgehead atoms. The van der Waals surface area contributed by atoms with Gasteiger partial charge in [0, 0.05) is 21.1 Å². The summed E-state index contributed by atoms with van der Waals surface area (Å²) in [6.45, 7) is -0.208. The lowest BCUT2D eigenvalue weighted by atomic mass is 10.2. The highest BCUT2D eigenvalue weighted by molar-refractivity contribution is 7.89. The standard InChI is InChI=1S/C17H20N2O6S/c1-18(2)26(22,23)15-8-4-6-13(10-15)17(21)25-12-16(20)19(3)11-14-7-5-9-24-14/h4-10H,11-12H2,1-3H3. The van der Waals surface area contributed by atoms with Crippen LogP contribution in [0.5, 0.6) is 0 Å². The number of likely N-dealkylation sites (N-methyl/N-ethyl adjacent to an activating group) is 1. The van der Waals surface area contributed by atoms with Crippen molar-refractivity contribution in [3.05, 3.63) is 54.0 Å². The van der Waals surface area contributed by atoms with E-state index in [1.165, 1.54) is 49.5 Å². The fourth-order valence-electron chi connectivity index (χ4n) is 2.04. The van der Waals surface area contributed by atoms with E-state index in [0.29, 0.717) is 5.76 Å². The number of hydrogen-bond donors (Lipinski definition) is 0. The van der Waals surface area contributed by atoms with E-state index < -0.39 is 28.5 Å². The second kappa shape index (κ2) is 8.15. The topological polar surface area (TPSA) is 97.1 Å². The van der Waals surface area contributed by atoms with E-state index in [4.69, 9.17) is 9.15 Å². The van der Waals surface area contributed by atoms with Gasteiger partial charge in [-0.15, -0.1) is 0 Å². The highest BCUT2D eigenvalue weighted by atomic mass is 32.2. The number of benzene rings is 1. The molecule has 0 unspecified atom stereocenters. The third kappa shape index (κ3) is 4.70. The van der Waals surface area contributed by atoms with E-state index in [9.17, 15) is 18.0 Å². The lowest BCUT2D eigenvalue weighted by molar-refractivity contribution is -0.133. The van der Waals surface area contributed by atoms with Gasteiger partial charge in [0.05, 0.1) is 23.3 Å². The van der Waals surface area contributed by atoms with Crippen molar-refractivity contribution in [1.82, 2.24) is 9.21 Å². The van der Waals surface area contributed by atoms with E-state index in [2.05, 4.69) is 0 Å². The van der Waals surface area contributed by atoms with Crippen LogP contribution in [-0.4, -0.2) is 57.2 Å². The minimum absolute atomic E-state index is 0.0294. The van der Waals surface area contributed by atoms with Crippen molar-refractivity contribution in [2.75, 3.05) is 27.7 Å². The SMILES string of the molecule is CN(Cc1ccco1)C(=O)COC(=O)c1cccc(S(=O)(=O)N(C)C)c1. The zero-order valence-corrected chi connectivity index (χ0v) is 15.5. The number of carbonyl (C=O) groups excluding carboxylic acids is 2. The summed E-state index contributed by atoms with van der Waals surface area (Å²) in [5.74, 6) is -0.582. The van der Waals surface area contributed by atoms with Crippen molar-refractivity contribution in [1.29, 1.82) is 0 Å². The molecule has 0 saturated carbocycles. The number of esters is 1. The Hall–Kier alpha value is -2.65. The average molecular weight is 380 g/mol. The van der Waals surface area contributed by atoms with Gasteiger partial charge in [-0.25, -0.2) is 17.5 Å². The number of carbonyl (C=O) groups is 2. The molecule has 2 aromatic rings. The first-order valence-corrected chi connectivity index (χ1v) is 9.12. The quantitative estimate of drug-likeness (QED) is 0.673. The number of sulfonamides is 1. The molecule has 0 aliphatic carbocycles. The highest BCUT2D eigenvalue weighted by Crippen LogP contribution is 2.15. The first kappa shape index (κ1) is 19.7. The van der Waals surface area contributed by atoms with Crippen molar-refractivity contribution < 1.29 is 27.2 Å². The zero-order valence-electron chi connectivity index (χ0n) is 14.7. The molecule has 0 fully saturated rings. The second-order valence-corrected chi connectivity index (χ2v) is 7.87. The Morgan fingerprint density at radius 1 is 1.12 bits per heavy atom. The average Bonchev–Trinajstić information content (AvgIpc) is 3.12. The van der Waals surface area contributed by atoms with Gasteiger partial charge in [-0.05, 0) is 30.3 Å². The predicted octanol–water partition coefficient (Wildman–Crippen LogP) is 1.35. The van der Waals surface area contributed by atoms with Crippen molar-refractivity contribution in [3.8, 4) is 0 Å². The Morgan fingerprint density at radius 2 is 1.85 bits per heavy atom. The largest absolute Gasteiger partial charge is 0.467 e. The van der Waals surface area contributed by atoms with E-state index in [1.807, 2.05) is 0 Å². The summed E-state index contributed by atoms with van der Waals surface area (Å²) in [5, 5.41) is 0. The number of rotatable bonds is 7. The van der Waals surface area contributed by atoms with Gasteiger partial charge in [0.1, 0.15) is 5.76 Å². The summed E-state index contributed by atoms with van der Waals surface area (Å²) in [7, 11) is 0.685. The van der Waals surface area contributed by atoms with Gasteiger partial charge < -0.3 is 14.1 Å². The highest BCUT2D eigenvalue weighted by Gasteiger charge is 2.20. The molecular weight excluding hydrogens is 360 g/mol. The third-order valence-electron chi connectivity index (χ3n) is 3.57. The van der Waals surface area contributed by atoms with Crippen molar-refractivity contribution >= 4 is 21.9 Å². The molecule has 1 amide bonds. The minimum atomic E-state index is -3.67. The third-order valence-corrected chi connectivity index (χ3v) is 5.39. The van der Waals surface area contributed by atoms with Gasteiger partial charge in [0.15, 0.2) is 6.61 Å². The summed E-state index contributed by atoms with van der Waals surface area (Å²) in [5.41, 5.74) is 0.0504. The van der Waals surface area contributed by atoms with Gasteiger partial charge in [0.25, 0.3) is 5.91 Å². The van der Waals surface area contributed by atoms with E-state index in [1.54, 1.807) is 19.2 Å². The lowest BCUT2D eigenvalue weighted by Gasteiger charge is -2.16. The Bertz CT molecular complexity index is 874. The van der Waals surface area contributed by atoms with Crippen molar-refractivity contribution in [3.63, 3.8) is 0 Å². The number of ether oxygens (including phenoxy) is 1. The molecule has 0 N–H and O–H groups in total. The van der Waals surface area contributed by atoms with Gasteiger partial charge in [0.2, 0.25) is 10.0 Å².